The average molecular weight is 90.1 g/mol. The zero-order valence-electron chi connectivity index (χ0n) is 2.56. The quantitative estimate of drug-likeness (QED) is 0.466. The summed E-state index contributed by atoms with van der Waals surface area (Å²) in [5, 5.41) is 7.66. The Morgan fingerprint density at radius 1 is 2.00 bits per heavy atom. The van der Waals surface area contributed by atoms with Gasteiger partial charge in [-0.05, 0) is 12.2 Å². The van der Waals surface area contributed by atoms with Crippen molar-refractivity contribution in [2.45, 2.75) is 0 Å². The second-order valence-electron chi connectivity index (χ2n) is 0.571. The third kappa shape index (κ3) is 3.85. The van der Waals surface area contributed by atoms with Crippen LogP contribution in [0.4, 0.5) is 0 Å². The van der Waals surface area contributed by atoms with Gasteiger partial charge in [0.1, 0.15) is 0 Å². The van der Waals surface area contributed by atoms with Crippen LogP contribution >= 0.6 is 12.2 Å². The van der Waals surface area contributed by atoms with Gasteiger partial charge in [0.05, 0.1) is 6.54 Å². The molecule has 0 bridgehead atoms. The molecule has 0 unspecified atom stereocenters. The average Bonchev–Trinajstić information content (AvgIpc) is 1.38. The van der Waals surface area contributed by atoms with Gasteiger partial charge in [0.2, 0.25) is 0 Å². The van der Waals surface area contributed by atoms with E-state index in [9.17, 15) is 0 Å². The topological polar surface area (TPSA) is 44.0 Å². The Morgan fingerprint density at radius 2 is 2.20 bits per heavy atom. The molecule has 5 heavy (non-hydrogen) atoms. The number of hydrogen-bond acceptors (Lipinski definition) is 1. The van der Waals surface area contributed by atoms with E-state index in [2.05, 4.69) is 12.2 Å². The molecule has 3 heteroatoms. The predicted octanol–water partition coefficient (Wildman–Crippen LogP) is 0.155. The number of aliphatic hydroxyl groups excluding tert-OH is 1. The fourth-order valence-corrected chi connectivity index (χ4v) is 0. The molecule has 2 nitrogen and oxygen atoms in total. The molecule has 0 rings (SSSR count). The SMILES string of the molecule is [NH]CC(O)=S. The smallest absolute Gasteiger partial charge is 0.172 e. The Kier molecular flexibility index (Phi) is 2.05. The lowest BCUT2D eigenvalue weighted by atomic mass is 10.7. The third-order valence-electron chi connectivity index (χ3n) is 0.151. The van der Waals surface area contributed by atoms with Crippen LogP contribution in [-0.2, 0) is 0 Å². The Morgan fingerprint density at radius 3 is 2.20 bits per heavy atom. The van der Waals surface area contributed by atoms with Crippen LogP contribution in [-0.4, -0.2) is 16.7 Å². The second kappa shape index (κ2) is 2.11. The van der Waals surface area contributed by atoms with Gasteiger partial charge >= 0.3 is 0 Å². The summed E-state index contributed by atoms with van der Waals surface area (Å²) in [5.74, 6) is 0. The maximum atomic E-state index is 7.91. The van der Waals surface area contributed by atoms with E-state index in [-0.39, 0.29) is 11.6 Å². The van der Waals surface area contributed by atoms with E-state index in [0.29, 0.717) is 0 Å². The van der Waals surface area contributed by atoms with Crippen molar-refractivity contribution in [3.05, 3.63) is 0 Å². The van der Waals surface area contributed by atoms with Crippen LogP contribution in [0.5, 0.6) is 0 Å². The zero-order valence-corrected chi connectivity index (χ0v) is 3.38. The molecule has 1 radical (unpaired) electrons. The fraction of sp³-hybridized carbons (Fsp3) is 0.500. The number of aliphatic hydroxyl groups is 1. The lowest BCUT2D eigenvalue weighted by Crippen LogP contribution is -1.97. The van der Waals surface area contributed by atoms with Gasteiger partial charge in [-0.1, -0.05) is 0 Å². The lowest BCUT2D eigenvalue weighted by Gasteiger charge is -1.76. The first-order valence-corrected chi connectivity index (χ1v) is 1.54. The minimum Gasteiger partial charge on any atom is -0.501 e. The van der Waals surface area contributed by atoms with Crippen molar-refractivity contribution in [3.63, 3.8) is 0 Å². The summed E-state index contributed by atoms with van der Waals surface area (Å²) in [4.78, 5) is 0. The first-order valence-electron chi connectivity index (χ1n) is 1.13. The minimum absolute atomic E-state index is 0.157. The van der Waals surface area contributed by atoms with Gasteiger partial charge in [-0.15, -0.1) is 0 Å². The summed E-state index contributed by atoms with van der Waals surface area (Å²) in [6.45, 7) is -0.157. The molecule has 2 N–H and O–H groups in total. The van der Waals surface area contributed by atoms with Gasteiger partial charge in [0, 0.05) is 0 Å². The monoisotopic (exact) mass is 90.0 g/mol. The molecular formula is C2H4NOS. The van der Waals surface area contributed by atoms with Gasteiger partial charge in [-0.2, -0.15) is 0 Å². The Hall–Kier alpha value is -0.150. The number of nitrogens with one attached hydrogen (secondary N) is 1. The molecular weight excluding hydrogens is 86.1 g/mol. The number of thiocarbonyl (C=S) groups is 1. The number of rotatable bonds is 1. The van der Waals surface area contributed by atoms with E-state index in [1.165, 1.54) is 0 Å². The van der Waals surface area contributed by atoms with Crippen LogP contribution in [0, 0.1) is 0 Å². The van der Waals surface area contributed by atoms with Crippen LogP contribution in [0.2, 0.25) is 0 Å². The van der Waals surface area contributed by atoms with Crippen LogP contribution in [0.3, 0.4) is 0 Å². The molecule has 0 aliphatic carbocycles. The molecule has 0 saturated heterocycles. The van der Waals surface area contributed by atoms with E-state index < -0.39 is 0 Å². The fourth-order valence-electron chi connectivity index (χ4n) is 0. The van der Waals surface area contributed by atoms with Gasteiger partial charge < -0.3 is 5.11 Å². The van der Waals surface area contributed by atoms with Gasteiger partial charge in [-0.3, -0.25) is 0 Å². The maximum Gasteiger partial charge on any atom is 0.172 e. The van der Waals surface area contributed by atoms with Crippen LogP contribution in [0.1, 0.15) is 0 Å². The summed E-state index contributed by atoms with van der Waals surface area (Å²) in [6.07, 6.45) is 0. The molecule has 0 heterocycles. The molecule has 0 amide bonds. The van der Waals surface area contributed by atoms with Gasteiger partial charge in [0.15, 0.2) is 5.05 Å². The van der Waals surface area contributed by atoms with Crippen molar-refractivity contribution in [2.75, 3.05) is 6.54 Å². The molecule has 0 aromatic heterocycles. The van der Waals surface area contributed by atoms with Crippen LogP contribution < -0.4 is 5.73 Å². The minimum atomic E-state index is -0.245. The highest BCUT2D eigenvalue weighted by atomic mass is 32.1. The van der Waals surface area contributed by atoms with Crippen molar-refractivity contribution in [1.82, 2.24) is 5.73 Å². The van der Waals surface area contributed by atoms with E-state index in [1.807, 2.05) is 0 Å². The van der Waals surface area contributed by atoms with Crippen molar-refractivity contribution in [1.29, 1.82) is 0 Å². The predicted molar refractivity (Wildman–Crippen MR) is 23.2 cm³/mol. The third-order valence-corrected chi connectivity index (χ3v) is 0.296. The van der Waals surface area contributed by atoms with Gasteiger partial charge in [-0.25, -0.2) is 5.73 Å². The van der Waals surface area contributed by atoms with Crippen molar-refractivity contribution in [3.8, 4) is 0 Å². The second-order valence-corrected chi connectivity index (χ2v) is 1.04. The molecule has 0 aliphatic rings. The molecule has 0 aromatic rings. The Bertz CT molecular complexity index is 44.9. The first-order chi connectivity index (χ1) is 2.27. The summed E-state index contributed by atoms with van der Waals surface area (Å²) in [7, 11) is 0. The summed E-state index contributed by atoms with van der Waals surface area (Å²) in [6, 6.07) is 0. The van der Waals surface area contributed by atoms with E-state index >= 15 is 0 Å². The maximum absolute atomic E-state index is 7.91. The summed E-state index contributed by atoms with van der Waals surface area (Å²) < 4.78 is 0. The Balaban J connectivity index is 2.85. The standard InChI is InChI=1S/C2H4NOS/c3-1-2(4)5/h3H,1H2,(H,4,5). The highest BCUT2D eigenvalue weighted by Gasteiger charge is 1.75. The zero-order chi connectivity index (χ0) is 4.28. The van der Waals surface area contributed by atoms with Crippen molar-refractivity contribution in [2.24, 2.45) is 0 Å². The number of hydrogen-bond donors (Lipinski definition) is 1. The summed E-state index contributed by atoms with van der Waals surface area (Å²) in [5.41, 5.74) is 6.27. The molecule has 0 spiro atoms. The first kappa shape index (κ1) is 4.85. The van der Waals surface area contributed by atoms with Crippen molar-refractivity contribution >= 4 is 17.3 Å². The normalized spacial score (nSPS) is 7.40. The lowest BCUT2D eigenvalue weighted by molar-refractivity contribution is 0.557. The van der Waals surface area contributed by atoms with Crippen LogP contribution in [0.25, 0.3) is 0 Å². The van der Waals surface area contributed by atoms with E-state index in [0.717, 1.165) is 0 Å². The molecule has 0 aromatic carbocycles. The largest absolute Gasteiger partial charge is 0.501 e. The Labute approximate surface area is 35.6 Å². The highest BCUT2D eigenvalue weighted by Crippen LogP contribution is 1.58. The van der Waals surface area contributed by atoms with Gasteiger partial charge in [0.25, 0.3) is 0 Å². The molecule has 0 saturated carbocycles. The molecule has 0 fully saturated rings. The van der Waals surface area contributed by atoms with Crippen LogP contribution in [0.15, 0.2) is 0 Å². The van der Waals surface area contributed by atoms with E-state index in [4.69, 9.17) is 10.8 Å². The molecule has 29 valence electrons. The highest BCUT2D eigenvalue weighted by molar-refractivity contribution is 7.80. The molecule has 0 aliphatic heterocycles. The van der Waals surface area contributed by atoms with Crippen molar-refractivity contribution < 1.29 is 5.11 Å². The van der Waals surface area contributed by atoms with E-state index in [1.54, 1.807) is 0 Å². The molecule has 0 atom stereocenters. The summed E-state index contributed by atoms with van der Waals surface area (Å²) >= 11 is 4.06.